The Hall–Kier alpha value is -2.04. The number of hydrogen-bond acceptors (Lipinski definition) is 3. The first kappa shape index (κ1) is 11.4. The molecule has 0 unspecified atom stereocenters. The molecule has 90 valence electrons. The summed E-state index contributed by atoms with van der Waals surface area (Å²) in [5.41, 5.74) is 0.819. The fraction of sp³-hybridized carbons (Fsp3) is 0.333. The molecule has 0 aromatic carbocycles. The van der Waals surface area contributed by atoms with Gasteiger partial charge in [0, 0.05) is 20.5 Å². The summed E-state index contributed by atoms with van der Waals surface area (Å²) < 4.78 is 8.00. The third kappa shape index (κ3) is 1.54. The third-order valence-corrected chi connectivity index (χ3v) is 2.99. The van der Waals surface area contributed by atoms with Crippen molar-refractivity contribution < 1.29 is 4.74 Å². The summed E-state index contributed by atoms with van der Waals surface area (Å²) in [4.78, 5) is 23.7. The normalized spacial score (nSPS) is 14.3. The van der Waals surface area contributed by atoms with Gasteiger partial charge in [0.25, 0.3) is 5.56 Å². The zero-order valence-corrected chi connectivity index (χ0v) is 10.1. The SMILES string of the molecule is C=CC1=C(C)Cc2c(c(=O)n(C)c(=O)n2C)O1. The average Bonchev–Trinajstić information content (AvgIpc) is 2.33. The first-order valence-electron chi connectivity index (χ1n) is 5.26. The Bertz CT molecular complexity index is 647. The highest BCUT2D eigenvalue weighted by Gasteiger charge is 2.23. The minimum absolute atomic E-state index is 0.218. The molecule has 1 aromatic rings. The molecular weight excluding hydrogens is 220 g/mol. The van der Waals surface area contributed by atoms with Crippen molar-refractivity contribution in [3.05, 3.63) is 50.5 Å². The molecule has 0 N–H and O–H groups in total. The van der Waals surface area contributed by atoms with Gasteiger partial charge in [0.2, 0.25) is 5.75 Å². The first-order chi connectivity index (χ1) is 7.97. The molecule has 17 heavy (non-hydrogen) atoms. The van der Waals surface area contributed by atoms with Crippen molar-refractivity contribution in [3.8, 4) is 5.75 Å². The van der Waals surface area contributed by atoms with Gasteiger partial charge in [-0.15, -0.1) is 0 Å². The summed E-state index contributed by atoms with van der Waals surface area (Å²) in [5.74, 6) is 0.809. The number of allylic oxidation sites excluding steroid dienone is 2. The Balaban J connectivity index is 2.77. The summed E-state index contributed by atoms with van der Waals surface area (Å²) in [5, 5.41) is 0. The maximum atomic E-state index is 11.9. The summed E-state index contributed by atoms with van der Waals surface area (Å²) in [6.45, 7) is 5.53. The second-order valence-electron chi connectivity index (χ2n) is 4.11. The standard InChI is InChI=1S/C12H14N2O3/c1-5-9-7(2)6-8-10(17-9)11(15)14(4)12(16)13(8)3/h5H,1,6H2,2-4H3. The number of aromatic nitrogens is 2. The van der Waals surface area contributed by atoms with E-state index < -0.39 is 5.56 Å². The van der Waals surface area contributed by atoms with E-state index in [4.69, 9.17) is 4.74 Å². The van der Waals surface area contributed by atoms with E-state index in [1.165, 1.54) is 11.6 Å². The van der Waals surface area contributed by atoms with E-state index in [2.05, 4.69) is 6.58 Å². The number of nitrogens with zero attached hydrogens (tertiary/aromatic N) is 2. The van der Waals surface area contributed by atoms with E-state index >= 15 is 0 Å². The largest absolute Gasteiger partial charge is 0.450 e. The fourth-order valence-electron chi connectivity index (χ4n) is 1.91. The monoisotopic (exact) mass is 234 g/mol. The van der Waals surface area contributed by atoms with E-state index in [-0.39, 0.29) is 11.4 Å². The van der Waals surface area contributed by atoms with Crippen LogP contribution in [0.4, 0.5) is 0 Å². The van der Waals surface area contributed by atoms with Crippen LogP contribution in [0.1, 0.15) is 12.6 Å². The summed E-state index contributed by atoms with van der Waals surface area (Å²) in [7, 11) is 3.07. The van der Waals surface area contributed by atoms with Crippen LogP contribution in [-0.2, 0) is 20.5 Å². The maximum absolute atomic E-state index is 11.9. The zero-order valence-electron chi connectivity index (χ0n) is 10.1. The second-order valence-corrected chi connectivity index (χ2v) is 4.11. The lowest BCUT2D eigenvalue weighted by molar-refractivity contribution is 0.393. The van der Waals surface area contributed by atoms with Gasteiger partial charge in [0.15, 0.2) is 0 Å². The molecule has 1 aromatic heterocycles. The average molecular weight is 234 g/mol. The molecule has 0 saturated heterocycles. The lowest BCUT2D eigenvalue weighted by Crippen LogP contribution is -2.40. The van der Waals surface area contributed by atoms with Crippen molar-refractivity contribution >= 4 is 0 Å². The van der Waals surface area contributed by atoms with E-state index in [0.29, 0.717) is 17.9 Å². The summed E-state index contributed by atoms with van der Waals surface area (Å²) >= 11 is 0. The van der Waals surface area contributed by atoms with Gasteiger partial charge < -0.3 is 4.74 Å². The van der Waals surface area contributed by atoms with Gasteiger partial charge in [-0.25, -0.2) is 4.79 Å². The molecule has 0 saturated carbocycles. The molecule has 0 radical (unpaired) electrons. The Morgan fingerprint density at radius 1 is 1.29 bits per heavy atom. The van der Waals surface area contributed by atoms with Crippen LogP contribution in [0.2, 0.25) is 0 Å². The first-order valence-corrected chi connectivity index (χ1v) is 5.26. The quantitative estimate of drug-likeness (QED) is 0.710. The number of hydrogen-bond donors (Lipinski definition) is 0. The number of rotatable bonds is 1. The molecule has 5 nitrogen and oxygen atoms in total. The highest BCUT2D eigenvalue weighted by Crippen LogP contribution is 2.25. The van der Waals surface area contributed by atoms with Crippen LogP contribution in [-0.4, -0.2) is 9.13 Å². The van der Waals surface area contributed by atoms with Gasteiger partial charge in [0.05, 0.1) is 5.69 Å². The van der Waals surface area contributed by atoms with Crippen LogP contribution in [0.15, 0.2) is 33.6 Å². The van der Waals surface area contributed by atoms with E-state index in [1.807, 2.05) is 6.92 Å². The van der Waals surface area contributed by atoms with Gasteiger partial charge >= 0.3 is 5.69 Å². The van der Waals surface area contributed by atoms with Crippen molar-refractivity contribution in [2.75, 3.05) is 0 Å². The lowest BCUT2D eigenvalue weighted by Gasteiger charge is -2.21. The van der Waals surface area contributed by atoms with Crippen LogP contribution < -0.4 is 16.0 Å². The minimum atomic E-state index is -0.407. The zero-order chi connectivity index (χ0) is 12.7. The van der Waals surface area contributed by atoms with E-state index in [9.17, 15) is 9.59 Å². The van der Waals surface area contributed by atoms with Gasteiger partial charge in [-0.05, 0) is 18.6 Å². The fourth-order valence-corrected chi connectivity index (χ4v) is 1.91. The number of ether oxygens (including phenoxy) is 1. The van der Waals surface area contributed by atoms with Crippen molar-refractivity contribution in [2.24, 2.45) is 14.1 Å². The Labute approximate surface area is 98.3 Å². The maximum Gasteiger partial charge on any atom is 0.330 e. The molecule has 0 amide bonds. The topological polar surface area (TPSA) is 53.2 Å². The molecular formula is C12H14N2O3. The smallest absolute Gasteiger partial charge is 0.330 e. The van der Waals surface area contributed by atoms with Gasteiger partial charge in [-0.1, -0.05) is 6.58 Å². The van der Waals surface area contributed by atoms with Crippen molar-refractivity contribution in [3.63, 3.8) is 0 Å². The van der Waals surface area contributed by atoms with Gasteiger partial charge in [-0.2, -0.15) is 0 Å². The molecule has 0 spiro atoms. The molecule has 5 heteroatoms. The van der Waals surface area contributed by atoms with Crippen LogP contribution in [0, 0.1) is 0 Å². The highest BCUT2D eigenvalue weighted by atomic mass is 16.5. The lowest BCUT2D eigenvalue weighted by atomic mass is 10.1. The summed E-state index contributed by atoms with van der Waals surface area (Å²) in [6, 6.07) is 0. The Morgan fingerprint density at radius 2 is 1.94 bits per heavy atom. The predicted octanol–water partition coefficient (Wildman–Crippen LogP) is 0.479. The predicted molar refractivity (Wildman–Crippen MR) is 64.2 cm³/mol. The summed E-state index contributed by atoms with van der Waals surface area (Å²) in [6.07, 6.45) is 2.10. The second kappa shape index (κ2) is 3.76. The molecule has 0 fully saturated rings. The molecule has 0 atom stereocenters. The van der Waals surface area contributed by atoms with Crippen LogP contribution in [0.3, 0.4) is 0 Å². The third-order valence-electron chi connectivity index (χ3n) is 2.99. The number of fused-ring (bicyclic) bond motifs is 1. The van der Waals surface area contributed by atoms with Crippen LogP contribution in [0.25, 0.3) is 0 Å². The molecule has 0 bridgehead atoms. The molecule has 0 aliphatic carbocycles. The molecule has 1 aliphatic heterocycles. The minimum Gasteiger partial charge on any atom is -0.450 e. The molecule has 2 heterocycles. The molecule has 1 aliphatic rings. The van der Waals surface area contributed by atoms with Crippen LogP contribution in [0.5, 0.6) is 5.75 Å². The molecule has 2 rings (SSSR count). The Morgan fingerprint density at radius 3 is 2.53 bits per heavy atom. The van der Waals surface area contributed by atoms with Gasteiger partial charge in [-0.3, -0.25) is 13.9 Å². The van der Waals surface area contributed by atoms with E-state index in [0.717, 1.165) is 10.1 Å². The van der Waals surface area contributed by atoms with Crippen molar-refractivity contribution in [1.29, 1.82) is 0 Å². The van der Waals surface area contributed by atoms with Crippen molar-refractivity contribution in [1.82, 2.24) is 9.13 Å². The van der Waals surface area contributed by atoms with Gasteiger partial charge in [0.1, 0.15) is 5.76 Å². The van der Waals surface area contributed by atoms with E-state index in [1.54, 1.807) is 13.1 Å². The van der Waals surface area contributed by atoms with Crippen molar-refractivity contribution in [2.45, 2.75) is 13.3 Å². The Kier molecular flexibility index (Phi) is 2.53. The highest BCUT2D eigenvalue weighted by molar-refractivity contribution is 5.38. The van der Waals surface area contributed by atoms with Crippen LogP contribution >= 0.6 is 0 Å².